The molecule has 1 heterocycles. The molecule has 0 bridgehead atoms. The van der Waals surface area contributed by atoms with Gasteiger partial charge in [0.15, 0.2) is 0 Å². The van der Waals surface area contributed by atoms with E-state index >= 15 is 0 Å². The summed E-state index contributed by atoms with van der Waals surface area (Å²) in [5.41, 5.74) is 1.95. The van der Waals surface area contributed by atoms with Crippen LogP contribution in [0.1, 0.15) is 25.7 Å². The van der Waals surface area contributed by atoms with Crippen LogP contribution in [0.25, 0.3) is 11.0 Å². The highest BCUT2D eigenvalue weighted by molar-refractivity contribution is 7.99. The van der Waals surface area contributed by atoms with Crippen molar-refractivity contribution in [3.05, 3.63) is 24.3 Å². The molecule has 1 unspecified atom stereocenters. The van der Waals surface area contributed by atoms with E-state index in [9.17, 15) is 4.79 Å². The Balaban J connectivity index is 1.71. The third kappa shape index (κ3) is 2.27. The van der Waals surface area contributed by atoms with Crippen LogP contribution in [-0.4, -0.2) is 26.0 Å². The van der Waals surface area contributed by atoms with Gasteiger partial charge in [-0.25, -0.2) is 4.68 Å². The normalized spacial score (nSPS) is 20.4. The van der Waals surface area contributed by atoms with Crippen molar-refractivity contribution >= 4 is 28.6 Å². The third-order valence-corrected chi connectivity index (χ3v) is 4.61. The van der Waals surface area contributed by atoms with E-state index < -0.39 is 0 Å². The minimum Gasteiger partial charge on any atom is -0.298 e. The molecular weight excluding hydrogens is 246 g/mol. The Labute approximate surface area is 110 Å². The zero-order chi connectivity index (χ0) is 12.4. The average molecular weight is 261 g/mol. The fourth-order valence-electron chi connectivity index (χ4n) is 2.30. The highest BCUT2D eigenvalue weighted by atomic mass is 32.2. The van der Waals surface area contributed by atoms with Gasteiger partial charge in [-0.3, -0.25) is 4.79 Å². The molecule has 5 heteroatoms. The molecule has 1 aliphatic carbocycles. The van der Waals surface area contributed by atoms with Crippen molar-refractivity contribution in [2.45, 2.75) is 36.8 Å². The maximum absolute atomic E-state index is 11.8. The fourth-order valence-corrected chi connectivity index (χ4v) is 3.45. The van der Waals surface area contributed by atoms with Gasteiger partial charge < -0.3 is 0 Å². The van der Waals surface area contributed by atoms with Gasteiger partial charge in [0.25, 0.3) is 0 Å². The number of thioether (sulfide) groups is 1. The minimum atomic E-state index is 0.154. The molecule has 0 aliphatic heterocycles. The standard InChI is InChI=1S/C13H15N3OS/c17-12-7-3-4-8-13(12)18-9-16-11-6-2-1-5-10(11)14-15-16/h1-2,5-6,13H,3-4,7-9H2. The van der Waals surface area contributed by atoms with Crippen LogP contribution in [0, 0.1) is 0 Å². The largest absolute Gasteiger partial charge is 0.298 e. The lowest BCUT2D eigenvalue weighted by molar-refractivity contribution is -0.119. The summed E-state index contributed by atoms with van der Waals surface area (Å²) in [6.45, 7) is 0. The van der Waals surface area contributed by atoms with Gasteiger partial charge in [0, 0.05) is 6.42 Å². The smallest absolute Gasteiger partial charge is 0.145 e. The van der Waals surface area contributed by atoms with E-state index in [2.05, 4.69) is 10.3 Å². The summed E-state index contributed by atoms with van der Waals surface area (Å²) in [5.74, 6) is 1.10. The molecule has 18 heavy (non-hydrogen) atoms. The SMILES string of the molecule is O=C1CCCCC1SCn1nnc2ccccc21. The van der Waals surface area contributed by atoms with Gasteiger partial charge in [0.2, 0.25) is 0 Å². The van der Waals surface area contributed by atoms with E-state index in [1.807, 2.05) is 28.9 Å². The van der Waals surface area contributed by atoms with E-state index in [1.54, 1.807) is 11.8 Å². The number of nitrogens with zero attached hydrogens (tertiary/aromatic N) is 3. The second kappa shape index (κ2) is 5.10. The van der Waals surface area contributed by atoms with Gasteiger partial charge in [0.05, 0.1) is 16.6 Å². The van der Waals surface area contributed by atoms with Crippen LogP contribution < -0.4 is 0 Å². The Morgan fingerprint density at radius 3 is 3.11 bits per heavy atom. The van der Waals surface area contributed by atoms with Crippen LogP contribution in [0.15, 0.2) is 24.3 Å². The topological polar surface area (TPSA) is 47.8 Å². The number of hydrogen-bond donors (Lipinski definition) is 0. The number of hydrogen-bond acceptors (Lipinski definition) is 4. The summed E-state index contributed by atoms with van der Waals surface area (Å²) in [4.78, 5) is 11.8. The second-order valence-corrected chi connectivity index (χ2v) is 5.73. The third-order valence-electron chi connectivity index (χ3n) is 3.32. The maximum Gasteiger partial charge on any atom is 0.145 e. The summed E-state index contributed by atoms with van der Waals surface area (Å²) in [6, 6.07) is 7.91. The van der Waals surface area contributed by atoms with Crippen LogP contribution in [0.3, 0.4) is 0 Å². The number of para-hydroxylation sites is 1. The Kier molecular flexibility index (Phi) is 3.32. The lowest BCUT2D eigenvalue weighted by Gasteiger charge is -2.19. The Morgan fingerprint density at radius 1 is 1.33 bits per heavy atom. The highest BCUT2D eigenvalue weighted by Gasteiger charge is 2.22. The maximum atomic E-state index is 11.8. The molecule has 1 saturated carbocycles. The van der Waals surface area contributed by atoms with Crippen LogP contribution in [0.2, 0.25) is 0 Å². The number of ketones is 1. The summed E-state index contributed by atoms with van der Waals surface area (Å²) >= 11 is 1.69. The number of carbonyl (C=O) groups is 1. The predicted octanol–water partition coefficient (Wildman–Crippen LogP) is 2.63. The number of carbonyl (C=O) groups excluding carboxylic acids is 1. The van der Waals surface area contributed by atoms with Crippen molar-refractivity contribution in [1.82, 2.24) is 15.0 Å². The van der Waals surface area contributed by atoms with Crippen LogP contribution in [-0.2, 0) is 10.7 Å². The minimum absolute atomic E-state index is 0.154. The van der Waals surface area contributed by atoms with Crippen LogP contribution >= 0.6 is 11.8 Å². The summed E-state index contributed by atoms with van der Waals surface area (Å²) in [6.07, 6.45) is 3.98. The Bertz CT molecular complexity index is 566. The monoisotopic (exact) mass is 261 g/mol. The summed E-state index contributed by atoms with van der Waals surface area (Å²) in [5, 5.41) is 8.41. The van der Waals surface area contributed by atoms with Crippen molar-refractivity contribution in [1.29, 1.82) is 0 Å². The van der Waals surface area contributed by atoms with Gasteiger partial charge in [-0.2, -0.15) is 0 Å². The fraction of sp³-hybridized carbons (Fsp3) is 0.462. The van der Waals surface area contributed by atoms with E-state index in [-0.39, 0.29) is 5.25 Å². The zero-order valence-corrected chi connectivity index (χ0v) is 10.9. The molecule has 0 saturated heterocycles. The summed E-state index contributed by atoms with van der Waals surface area (Å²) < 4.78 is 1.88. The lowest BCUT2D eigenvalue weighted by Crippen LogP contribution is -2.22. The van der Waals surface area contributed by atoms with Gasteiger partial charge >= 0.3 is 0 Å². The quantitative estimate of drug-likeness (QED) is 0.852. The number of rotatable bonds is 3. The molecule has 94 valence electrons. The van der Waals surface area contributed by atoms with Crippen LogP contribution in [0.5, 0.6) is 0 Å². The molecule has 0 spiro atoms. The molecule has 0 N–H and O–H groups in total. The molecule has 1 fully saturated rings. The molecular formula is C13H15N3OS. The van der Waals surface area contributed by atoms with Crippen molar-refractivity contribution in [3.8, 4) is 0 Å². The lowest BCUT2D eigenvalue weighted by atomic mass is 9.99. The van der Waals surface area contributed by atoms with Gasteiger partial charge in [0.1, 0.15) is 11.3 Å². The molecule has 1 aliphatic rings. The molecule has 1 aromatic heterocycles. The van der Waals surface area contributed by atoms with Crippen molar-refractivity contribution in [2.75, 3.05) is 0 Å². The first-order chi connectivity index (χ1) is 8.84. The van der Waals surface area contributed by atoms with Crippen molar-refractivity contribution in [3.63, 3.8) is 0 Å². The first-order valence-corrected chi connectivity index (χ1v) is 7.32. The molecule has 1 aromatic carbocycles. The predicted molar refractivity (Wildman–Crippen MR) is 72.4 cm³/mol. The average Bonchev–Trinajstić information content (AvgIpc) is 2.81. The molecule has 3 rings (SSSR count). The van der Waals surface area contributed by atoms with Crippen LogP contribution in [0.4, 0.5) is 0 Å². The Morgan fingerprint density at radius 2 is 2.22 bits per heavy atom. The first kappa shape index (κ1) is 11.7. The van der Waals surface area contributed by atoms with Crippen molar-refractivity contribution < 1.29 is 4.79 Å². The number of fused-ring (bicyclic) bond motifs is 1. The van der Waals surface area contributed by atoms with Crippen molar-refractivity contribution in [2.24, 2.45) is 0 Å². The second-order valence-electron chi connectivity index (χ2n) is 4.57. The van der Waals surface area contributed by atoms with E-state index in [0.717, 1.165) is 30.3 Å². The van der Waals surface area contributed by atoms with E-state index in [0.29, 0.717) is 11.7 Å². The molecule has 2 aromatic rings. The summed E-state index contributed by atoms with van der Waals surface area (Å²) in [7, 11) is 0. The van der Waals surface area contributed by atoms with Gasteiger partial charge in [-0.05, 0) is 25.0 Å². The number of benzene rings is 1. The zero-order valence-electron chi connectivity index (χ0n) is 10.1. The van der Waals surface area contributed by atoms with E-state index in [4.69, 9.17) is 0 Å². The molecule has 4 nitrogen and oxygen atoms in total. The first-order valence-electron chi connectivity index (χ1n) is 6.27. The highest BCUT2D eigenvalue weighted by Crippen LogP contribution is 2.27. The van der Waals surface area contributed by atoms with E-state index in [1.165, 1.54) is 6.42 Å². The van der Waals surface area contributed by atoms with Gasteiger partial charge in [-0.1, -0.05) is 23.8 Å². The van der Waals surface area contributed by atoms with Gasteiger partial charge in [-0.15, -0.1) is 16.9 Å². The number of Topliss-reactive ketones (excluding diaryl/α,β-unsaturated/α-hetero) is 1. The number of aromatic nitrogens is 3. The molecule has 0 amide bonds. The Hall–Kier alpha value is -1.36. The molecule has 1 atom stereocenters. The molecule has 0 radical (unpaired) electrons.